The topological polar surface area (TPSA) is 58.4 Å². The van der Waals surface area contributed by atoms with E-state index in [9.17, 15) is 4.79 Å². The summed E-state index contributed by atoms with van der Waals surface area (Å²) in [5, 5.41) is 3.43. The lowest BCUT2D eigenvalue weighted by Gasteiger charge is -2.44. The number of hydrogen-bond acceptors (Lipinski definition) is 3. The number of carbonyl (C=O) groups excluding carboxylic acids is 1. The molecule has 1 amide bonds. The summed E-state index contributed by atoms with van der Waals surface area (Å²) in [6.07, 6.45) is 4.98. The van der Waals surface area contributed by atoms with Gasteiger partial charge >= 0.3 is 0 Å². The summed E-state index contributed by atoms with van der Waals surface area (Å²) in [7, 11) is 2.17. The molecule has 0 aliphatic heterocycles. The standard InChI is InChI=1S/C16H33N3O/c1-6-10-18-16(14(17)20)9-7-8-13(11-16)19(5)12-15(2,3)4/h13,18H,6-12H2,1-5H3,(H2,17,20). The molecule has 0 aromatic rings. The van der Waals surface area contributed by atoms with E-state index in [-0.39, 0.29) is 11.3 Å². The average molecular weight is 283 g/mol. The van der Waals surface area contributed by atoms with Crippen molar-refractivity contribution in [3.8, 4) is 0 Å². The van der Waals surface area contributed by atoms with Crippen LogP contribution < -0.4 is 11.1 Å². The minimum atomic E-state index is -0.495. The fourth-order valence-electron chi connectivity index (χ4n) is 3.34. The van der Waals surface area contributed by atoms with Crippen LogP contribution in [0.25, 0.3) is 0 Å². The molecule has 0 aromatic carbocycles. The molecule has 20 heavy (non-hydrogen) atoms. The molecule has 2 atom stereocenters. The molecular formula is C16H33N3O. The van der Waals surface area contributed by atoms with Crippen LogP contribution in [0, 0.1) is 5.41 Å². The predicted molar refractivity (Wildman–Crippen MR) is 84.6 cm³/mol. The highest BCUT2D eigenvalue weighted by Crippen LogP contribution is 2.32. The first-order chi connectivity index (χ1) is 9.20. The van der Waals surface area contributed by atoms with Crippen LogP contribution in [0.15, 0.2) is 0 Å². The van der Waals surface area contributed by atoms with Gasteiger partial charge in [0.1, 0.15) is 0 Å². The molecule has 118 valence electrons. The molecule has 0 saturated heterocycles. The van der Waals surface area contributed by atoms with Crippen molar-refractivity contribution in [2.75, 3.05) is 20.1 Å². The molecular weight excluding hydrogens is 250 g/mol. The average Bonchev–Trinajstić information content (AvgIpc) is 2.34. The number of primary amides is 1. The van der Waals surface area contributed by atoms with Crippen LogP contribution in [-0.2, 0) is 4.79 Å². The number of nitrogens with two attached hydrogens (primary N) is 1. The van der Waals surface area contributed by atoms with Gasteiger partial charge in [0, 0.05) is 12.6 Å². The van der Waals surface area contributed by atoms with E-state index in [1.807, 2.05) is 0 Å². The zero-order valence-corrected chi connectivity index (χ0v) is 14.0. The third kappa shape index (κ3) is 4.74. The maximum atomic E-state index is 12.0. The minimum absolute atomic E-state index is 0.181. The van der Waals surface area contributed by atoms with Crippen LogP contribution >= 0.6 is 0 Å². The fraction of sp³-hybridized carbons (Fsp3) is 0.938. The molecule has 0 spiro atoms. The lowest BCUT2D eigenvalue weighted by Crippen LogP contribution is -2.60. The van der Waals surface area contributed by atoms with Gasteiger partial charge in [-0.2, -0.15) is 0 Å². The molecule has 4 nitrogen and oxygen atoms in total. The Labute approximate surface area is 124 Å². The molecule has 2 unspecified atom stereocenters. The van der Waals surface area contributed by atoms with Gasteiger partial charge in [0.05, 0.1) is 5.54 Å². The van der Waals surface area contributed by atoms with Gasteiger partial charge in [-0.25, -0.2) is 0 Å². The van der Waals surface area contributed by atoms with Crippen molar-refractivity contribution >= 4 is 5.91 Å². The highest BCUT2D eigenvalue weighted by molar-refractivity contribution is 5.84. The monoisotopic (exact) mass is 283 g/mol. The summed E-state index contributed by atoms with van der Waals surface area (Å²) in [5.74, 6) is -0.181. The quantitative estimate of drug-likeness (QED) is 0.785. The van der Waals surface area contributed by atoms with Gasteiger partial charge in [0.2, 0.25) is 5.91 Å². The third-order valence-corrected chi connectivity index (χ3v) is 4.26. The Bertz CT molecular complexity index is 324. The van der Waals surface area contributed by atoms with Crippen LogP contribution in [0.3, 0.4) is 0 Å². The van der Waals surface area contributed by atoms with Crippen LogP contribution in [0.2, 0.25) is 0 Å². The smallest absolute Gasteiger partial charge is 0.237 e. The van der Waals surface area contributed by atoms with Crippen molar-refractivity contribution in [2.24, 2.45) is 11.1 Å². The zero-order chi connectivity index (χ0) is 15.4. The third-order valence-electron chi connectivity index (χ3n) is 4.26. The summed E-state index contributed by atoms with van der Waals surface area (Å²) in [6.45, 7) is 10.8. The molecule has 4 heteroatoms. The highest BCUT2D eigenvalue weighted by Gasteiger charge is 2.42. The summed E-state index contributed by atoms with van der Waals surface area (Å²) in [5.41, 5.74) is 5.49. The van der Waals surface area contributed by atoms with Crippen molar-refractivity contribution < 1.29 is 4.79 Å². The Morgan fingerprint density at radius 1 is 1.45 bits per heavy atom. The van der Waals surface area contributed by atoms with E-state index in [1.54, 1.807) is 0 Å². The minimum Gasteiger partial charge on any atom is -0.368 e. The number of nitrogens with zero attached hydrogens (tertiary/aromatic N) is 1. The second-order valence-electron chi connectivity index (χ2n) is 7.60. The van der Waals surface area contributed by atoms with Gasteiger partial charge in [-0.05, 0) is 51.1 Å². The predicted octanol–water partition coefficient (Wildman–Crippen LogP) is 2.13. The summed E-state index contributed by atoms with van der Waals surface area (Å²) in [6, 6.07) is 0.444. The molecule has 0 bridgehead atoms. The Kier molecular flexibility index (Phi) is 6.02. The normalized spacial score (nSPS) is 27.8. The number of rotatable bonds is 6. The Morgan fingerprint density at radius 3 is 2.60 bits per heavy atom. The van der Waals surface area contributed by atoms with Crippen LogP contribution in [0.4, 0.5) is 0 Å². The summed E-state index contributed by atoms with van der Waals surface area (Å²) >= 11 is 0. The highest BCUT2D eigenvalue weighted by atomic mass is 16.1. The number of carbonyl (C=O) groups is 1. The van der Waals surface area contributed by atoms with Crippen LogP contribution in [0.5, 0.6) is 0 Å². The van der Waals surface area contributed by atoms with Gasteiger partial charge in [0.25, 0.3) is 0 Å². The number of nitrogens with one attached hydrogen (secondary N) is 1. The van der Waals surface area contributed by atoms with Gasteiger partial charge in [-0.3, -0.25) is 4.79 Å². The number of amides is 1. The first kappa shape index (κ1) is 17.4. The zero-order valence-electron chi connectivity index (χ0n) is 14.0. The maximum Gasteiger partial charge on any atom is 0.237 e. The Balaban J connectivity index is 2.74. The first-order valence-corrected chi connectivity index (χ1v) is 7.95. The van der Waals surface area contributed by atoms with E-state index < -0.39 is 5.54 Å². The van der Waals surface area contributed by atoms with Crippen molar-refractivity contribution in [1.82, 2.24) is 10.2 Å². The van der Waals surface area contributed by atoms with Crippen molar-refractivity contribution in [1.29, 1.82) is 0 Å². The number of hydrogen-bond donors (Lipinski definition) is 2. The van der Waals surface area contributed by atoms with E-state index in [0.717, 1.165) is 45.2 Å². The van der Waals surface area contributed by atoms with Crippen LogP contribution in [0.1, 0.15) is 59.8 Å². The van der Waals surface area contributed by atoms with E-state index in [2.05, 4.69) is 45.0 Å². The van der Waals surface area contributed by atoms with E-state index in [1.165, 1.54) is 0 Å². The summed E-state index contributed by atoms with van der Waals surface area (Å²) in [4.78, 5) is 14.4. The van der Waals surface area contributed by atoms with Gasteiger partial charge in [-0.1, -0.05) is 27.7 Å². The SMILES string of the molecule is CCCNC1(C(N)=O)CCCC(N(C)CC(C)(C)C)C1. The van der Waals surface area contributed by atoms with E-state index >= 15 is 0 Å². The van der Waals surface area contributed by atoms with Crippen molar-refractivity contribution in [3.63, 3.8) is 0 Å². The van der Waals surface area contributed by atoms with Gasteiger partial charge in [0.15, 0.2) is 0 Å². The lowest BCUT2D eigenvalue weighted by atomic mass is 9.77. The molecule has 0 heterocycles. The molecule has 0 aromatic heterocycles. The Morgan fingerprint density at radius 2 is 2.10 bits per heavy atom. The second kappa shape index (κ2) is 6.90. The summed E-state index contributed by atoms with van der Waals surface area (Å²) < 4.78 is 0. The van der Waals surface area contributed by atoms with E-state index in [0.29, 0.717) is 6.04 Å². The Hall–Kier alpha value is -0.610. The molecule has 1 saturated carbocycles. The maximum absolute atomic E-state index is 12.0. The molecule has 1 rings (SSSR count). The fourth-order valence-corrected chi connectivity index (χ4v) is 3.34. The van der Waals surface area contributed by atoms with Crippen molar-refractivity contribution in [2.45, 2.75) is 71.4 Å². The molecule has 3 N–H and O–H groups in total. The molecule has 0 radical (unpaired) electrons. The molecule has 1 fully saturated rings. The van der Waals surface area contributed by atoms with Crippen LogP contribution in [-0.4, -0.2) is 42.5 Å². The second-order valence-corrected chi connectivity index (χ2v) is 7.60. The van der Waals surface area contributed by atoms with Crippen molar-refractivity contribution in [3.05, 3.63) is 0 Å². The first-order valence-electron chi connectivity index (χ1n) is 7.95. The largest absolute Gasteiger partial charge is 0.368 e. The van der Waals surface area contributed by atoms with Gasteiger partial charge < -0.3 is 16.0 Å². The van der Waals surface area contributed by atoms with Gasteiger partial charge in [-0.15, -0.1) is 0 Å². The van der Waals surface area contributed by atoms with E-state index in [4.69, 9.17) is 5.73 Å². The molecule has 1 aliphatic carbocycles. The lowest BCUT2D eigenvalue weighted by molar-refractivity contribution is -0.126. The molecule has 1 aliphatic rings.